The van der Waals surface area contributed by atoms with E-state index in [0.717, 1.165) is 19.5 Å². The molecule has 2 aromatic carbocycles. The number of thiocarbonyl (C=S) groups is 1. The largest absolute Gasteiger partial charge is 0.491 e. The lowest BCUT2D eigenvalue weighted by Gasteiger charge is -2.32. The lowest BCUT2D eigenvalue weighted by atomic mass is 10.1. The highest BCUT2D eigenvalue weighted by Crippen LogP contribution is 2.17. The van der Waals surface area contributed by atoms with E-state index in [2.05, 4.69) is 22.6 Å². The van der Waals surface area contributed by atoms with Crippen LogP contribution in [0, 0.1) is 0 Å². The van der Waals surface area contributed by atoms with Gasteiger partial charge in [0.05, 0.1) is 6.10 Å². The molecule has 2 aromatic rings. The van der Waals surface area contributed by atoms with Crippen molar-refractivity contribution in [2.24, 2.45) is 0 Å². The number of ether oxygens (including phenoxy) is 1. The van der Waals surface area contributed by atoms with Crippen molar-refractivity contribution in [3.8, 4) is 5.75 Å². The quantitative estimate of drug-likeness (QED) is 0.652. The van der Waals surface area contributed by atoms with Crippen molar-refractivity contribution >= 4 is 34.8 Å². The number of carbonyl (C=O) groups is 2. The molecular weight excluding hydrogens is 424 g/mol. The number of amides is 2. The summed E-state index contributed by atoms with van der Waals surface area (Å²) in [5, 5.41) is 5.83. The molecule has 1 fully saturated rings. The Kier molecular flexibility index (Phi) is 8.19. The van der Waals surface area contributed by atoms with E-state index in [1.54, 1.807) is 42.5 Å². The van der Waals surface area contributed by atoms with Crippen LogP contribution in [0.1, 0.15) is 41.0 Å². The van der Waals surface area contributed by atoms with E-state index in [4.69, 9.17) is 17.0 Å². The highest BCUT2D eigenvalue weighted by molar-refractivity contribution is 7.80. The van der Waals surface area contributed by atoms with Gasteiger partial charge in [0.25, 0.3) is 11.8 Å². The van der Waals surface area contributed by atoms with Crippen LogP contribution in [-0.2, 0) is 0 Å². The summed E-state index contributed by atoms with van der Waals surface area (Å²) in [6.07, 6.45) is 0.942. The summed E-state index contributed by atoms with van der Waals surface area (Å²) in [7, 11) is 2.05. The minimum absolute atomic E-state index is 0.00479. The third-order valence-corrected chi connectivity index (χ3v) is 5.60. The second kappa shape index (κ2) is 11.1. The molecular formula is C24H30N4O3S. The number of nitrogens with zero attached hydrogens (tertiary/aromatic N) is 2. The molecule has 170 valence electrons. The molecule has 7 nitrogen and oxygen atoms in total. The van der Waals surface area contributed by atoms with Crippen molar-refractivity contribution in [3.63, 3.8) is 0 Å². The molecule has 2 amide bonds. The summed E-state index contributed by atoms with van der Waals surface area (Å²) in [4.78, 5) is 29.5. The Morgan fingerprint density at radius 2 is 1.75 bits per heavy atom. The normalized spacial score (nSPS) is 15.0. The average molecular weight is 455 g/mol. The van der Waals surface area contributed by atoms with Crippen LogP contribution in [-0.4, -0.2) is 66.1 Å². The van der Waals surface area contributed by atoms with Gasteiger partial charge in [0, 0.05) is 43.0 Å². The first kappa shape index (κ1) is 23.7. The predicted molar refractivity (Wildman–Crippen MR) is 130 cm³/mol. The molecule has 0 saturated carbocycles. The van der Waals surface area contributed by atoms with Crippen LogP contribution in [0.2, 0.25) is 0 Å². The van der Waals surface area contributed by atoms with E-state index in [-0.39, 0.29) is 23.0 Å². The summed E-state index contributed by atoms with van der Waals surface area (Å²) in [5.41, 5.74) is 1.68. The lowest BCUT2D eigenvalue weighted by Crippen LogP contribution is -2.47. The molecule has 0 spiro atoms. The van der Waals surface area contributed by atoms with Gasteiger partial charge in [0.2, 0.25) is 0 Å². The molecule has 8 heteroatoms. The van der Waals surface area contributed by atoms with Gasteiger partial charge in [-0.05, 0) is 69.0 Å². The summed E-state index contributed by atoms with van der Waals surface area (Å²) < 4.78 is 5.78. The summed E-state index contributed by atoms with van der Waals surface area (Å²) in [5.74, 6) is 0.303. The van der Waals surface area contributed by atoms with E-state index in [1.165, 1.54) is 0 Å². The van der Waals surface area contributed by atoms with Crippen molar-refractivity contribution in [2.75, 3.05) is 38.5 Å². The van der Waals surface area contributed by atoms with Crippen LogP contribution in [0.5, 0.6) is 5.75 Å². The van der Waals surface area contributed by atoms with E-state index >= 15 is 0 Å². The standard InChI is InChI=1S/C24H30N4O3S/c1-4-17(2)31-21-10-6-7-18(16-21)22(29)26-24(32)25-20-9-5-8-19(15-20)23(30)28-13-11-27(3)12-14-28/h5-10,15-17H,4,11-14H2,1-3H3,(H2,25,26,29,32). The maximum atomic E-state index is 12.8. The molecule has 0 aromatic heterocycles. The van der Waals surface area contributed by atoms with Gasteiger partial charge < -0.3 is 19.9 Å². The zero-order valence-electron chi connectivity index (χ0n) is 18.8. The highest BCUT2D eigenvalue weighted by Gasteiger charge is 2.20. The Labute approximate surface area is 194 Å². The highest BCUT2D eigenvalue weighted by atomic mass is 32.1. The second-order valence-electron chi connectivity index (χ2n) is 7.95. The van der Waals surface area contributed by atoms with E-state index < -0.39 is 0 Å². The number of hydrogen-bond acceptors (Lipinski definition) is 5. The van der Waals surface area contributed by atoms with Crippen molar-refractivity contribution in [1.29, 1.82) is 0 Å². The minimum atomic E-state index is -0.332. The topological polar surface area (TPSA) is 73.9 Å². The molecule has 3 rings (SSSR count). The first-order chi connectivity index (χ1) is 15.4. The van der Waals surface area contributed by atoms with Gasteiger partial charge in [0.15, 0.2) is 5.11 Å². The molecule has 1 unspecified atom stereocenters. The van der Waals surface area contributed by atoms with Gasteiger partial charge in [-0.2, -0.15) is 0 Å². The van der Waals surface area contributed by atoms with Crippen LogP contribution >= 0.6 is 12.2 Å². The number of likely N-dealkylation sites (N-methyl/N-ethyl adjacent to an activating group) is 1. The fraction of sp³-hybridized carbons (Fsp3) is 0.375. The smallest absolute Gasteiger partial charge is 0.257 e. The van der Waals surface area contributed by atoms with E-state index in [1.807, 2.05) is 24.8 Å². The average Bonchev–Trinajstić information content (AvgIpc) is 2.79. The van der Waals surface area contributed by atoms with Crippen molar-refractivity contribution in [3.05, 3.63) is 59.7 Å². The summed E-state index contributed by atoms with van der Waals surface area (Å²) in [6.45, 7) is 7.17. The van der Waals surface area contributed by atoms with Crippen molar-refractivity contribution in [2.45, 2.75) is 26.4 Å². The molecule has 1 saturated heterocycles. The van der Waals surface area contributed by atoms with Gasteiger partial charge in [-0.25, -0.2) is 0 Å². The van der Waals surface area contributed by atoms with Crippen LogP contribution in [0.25, 0.3) is 0 Å². The Hall–Kier alpha value is -2.97. The van der Waals surface area contributed by atoms with Gasteiger partial charge in [0.1, 0.15) is 5.75 Å². The van der Waals surface area contributed by atoms with Gasteiger partial charge >= 0.3 is 0 Å². The Morgan fingerprint density at radius 3 is 2.47 bits per heavy atom. The Bertz CT molecular complexity index is 973. The van der Waals surface area contributed by atoms with Crippen molar-refractivity contribution in [1.82, 2.24) is 15.1 Å². The zero-order chi connectivity index (χ0) is 23.1. The number of benzene rings is 2. The molecule has 1 heterocycles. The van der Waals surface area contributed by atoms with Crippen LogP contribution < -0.4 is 15.4 Å². The number of anilines is 1. The monoisotopic (exact) mass is 454 g/mol. The SMILES string of the molecule is CCC(C)Oc1cccc(C(=O)NC(=S)Nc2cccc(C(=O)N3CCN(C)CC3)c2)c1. The van der Waals surface area contributed by atoms with E-state index in [9.17, 15) is 9.59 Å². The number of piperazine rings is 1. The van der Waals surface area contributed by atoms with Crippen LogP contribution in [0.15, 0.2) is 48.5 Å². The molecule has 1 atom stereocenters. The maximum Gasteiger partial charge on any atom is 0.257 e. The van der Waals surface area contributed by atoms with Gasteiger partial charge in [-0.15, -0.1) is 0 Å². The number of carbonyl (C=O) groups excluding carboxylic acids is 2. The molecule has 1 aliphatic rings. The Morgan fingerprint density at radius 1 is 1.06 bits per heavy atom. The van der Waals surface area contributed by atoms with Crippen LogP contribution in [0.3, 0.4) is 0 Å². The lowest BCUT2D eigenvalue weighted by molar-refractivity contribution is 0.0664. The number of hydrogen-bond donors (Lipinski definition) is 2. The third kappa shape index (κ3) is 6.51. The second-order valence-corrected chi connectivity index (χ2v) is 8.36. The first-order valence-electron chi connectivity index (χ1n) is 10.8. The van der Waals surface area contributed by atoms with E-state index in [0.29, 0.717) is 35.7 Å². The number of rotatable bonds is 6. The summed E-state index contributed by atoms with van der Waals surface area (Å²) >= 11 is 5.31. The molecule has 1 aliphatic heterocycles. The molecule has 2 N–H and O–H groups in total. The summed E-state index contributed by atoms with van der Waals surface area (Å²) in [6, 6.07) is 14.1. The van der Waals surface area contributed by atoms with Gasteiger partial charge in [-0.3, -0.25) is 14.9 Å². The van der Waals surface area contributed by atoms with Crippen LogP contribution in [0.4, 0.5) is 5.69 Å². The third-order valence-electron chi connectivity index (χ3n) is 5.39. The van der Waals surface area contributed by atoms with Gasteiger partial charge in [-0.1, -0.05) is 19.1 Å². The molecule has 0 radical (unpaired) electrons. The zero-order valence-corrected chi connectivity index (χ0v) is 19.6. The molecule has 0 bridgehead atoms. The Balaban J connectivity index is 1.59. The first-order valence-corrected chi connectivity index (χ1v) is 11.2. The number of nitrogens with one attached hydrogen (secondary N) is 2. The molecule has 32 heavy (non-hydrogen) atoms. The van der Waals surface area contributed by atoms with Crippen molar-refractivity contribution < 1.29 is 14.3 Å². The fourth-order valence-corrected chi connectivity index (χ4v) is 3.50. The maximum absolute atomic E-state index is 12.8. The predicted octanol–water partition coefficient (Wildman–Crippen LogP) is 3.38. The minimum Gasteiger partial charge on any atom is -0.491 e. The molecule has 0 aliphatic carbocycles. The fourth-order valence-electron chi connectivity index (χ4n) is 3.29.